The van der Waals surface area contributed by atoms with Gasteiger partial charge in [-0.05, 0) is 86.0 Å². The maximum atomic E-state index is 12.5. The van der Waals surface area contributed by atoms with Crippen LogP contribution in [-0.4, -0.2) is 31.0 Å². The lowest BCUT2D eigenvalue weighted by atomic mass is 9.49. The summed E-state index contributed by atoms with van der Waals surface area (Å²) in [5.41, 5.74) is 0.964. The molecule has 1 aromatic carbocycles. The second kappa shape index (κ2) is 6.37. The standard InChI is InChI=1S/C21H26N2O2/c1-23(20(24)13-25-19-4-2-15(12-22)3-5-19)14-21-9-16-6-17(10-21)8-18(7-16)11-21/h2-5,16-18H,6-11,13-14H2,1H3. The highest BCUT2D eigenvalue weighted by Crippen LogP contribution is 2.60. The van der Waals surface area contributed by atoms with Crippen LogP contribution in [0.15, 0.2) is 24.3 Å². The molecule has 4 aliphatic rings. The van der Waals surface area contributed by atoms with Crippen molar-refractivity contribution < 1.29 is 9.53 Å². The lowest BCUT2D eigenvalue weighted by molar-refractivity contribution is -0.137. The third-order valence-corrected chi connectivity index (χ3v) is 6.51. The SMILES string of the molecule is CN(CC12CC3CC(CC(C3)C1)C2)C(=O)COc1ccc(C#N)cc1. The number of hydrogen-bond acceptors (Lipinski definition) is 3. The maximum Gasteiger partial charge on any atom is 0.260 e. The molecule has 5 rings (SSSR count). The summed E-state index contributed by atoms with van der Waals surface area (Å²) in [5.74, 6) is 3.40. The van der Waals surface area contributed by atoms with Crippen LogP contribution in [0.5, 0.6) is 5.75 Å². The summed E-state index contributed by atoms with van der Waals surface area (Å²) in [6.07, 6.45) is 8.23. The Bertz CT molecular complexity index is 654. The number of amides is 1. The van der Waals surface area contributed by atoms with E-state index in [4.69, 9.17) is 10.00 Å². The van der Waals surface area contributed by atoms with Crippen LogP contribution in [0.1, 0.15) is 44.1 Å². The molecule has 25 heavy (non-hydrogen) atoms. The van der Waals surface area contributed by atoms with Crippen LogP contribution in [0.3, 0.4) is 0 Å². The molecule has 4 bridgehead atoms. The highest BCUT2D eigenvalue weighted by Gasteiger charge is 2.51. The van der Waals surface area contributed by atoms with Crippen LogP contribution >= 0.6 is 0 Å². The summed E-state index contributed by atoms with van der Waals surface area (Å²) in [5, 5.41) is 8.82. The number of carbonyl (C=O) groups excluding carboxylic acids is 1. The molecule has 0 aromatic heterocycles. The van der Waals surface area contributed by atoms with Crippen molar-refractivity contribution in [3.05, 3.63) is 29.8 Å². The highest BCUT2D eigenvalue weighted by molar-refractivity contribution is 5.77. The van der Waals surface area contributed by atoms with E-state index in [1.54, 1.807) is 24.3 Å². The van der Waals surface area contributed by atoms with Crippen LogP contribution in [0.2, 0.25) is 0 Å². The predicted molar refractivity (Wildman–Crippen MR) is 94.9 cm³/mol. The van der Waals surface area contributed by atoms with Gasteiger partial charge in [-0.1, -0.05) is 0 Å². The van der Waals surface area contributed by atoms with Crippen molar-refractivity contribution in [2.75, 3.05) is 20.2 Å². The molecule has 0 heterocycles. The summed E-state index contributed by atoms with van der Waals surface area (Å²) < 4.78 is 5.61. The monoisotopic (exact) mass is 338 g/mol. The Hall–Kier alpha value is -2.02. The smallest absolute Gasteiger partial charge is 0.260 e. The summed E-state index contributed by atoms with van der Waals surface area (Å²) in [6.45, 7) is 0.945. The largest absolute Gasteiger partial charge is 0.484 e. The fourth-order valence-corrected chi connectivity index (χ4v) is 5.96. The van der Waals surface area contributed by atoms with E-state index in [1.807, 2.05) is 11.9 Å². The topological polar surface area (TPSA) is 53.3 Å². The molecule has 1 amide bonds. The molecule has 4 fully saturated rings. The number of likely N-dealkylation sites (N-methyl/N-ethyl adjacent to an activating group) is 1. The van der Waals surface area contributed by atoms with Crippen molar-refractivity contribution in [1.82, 2.24) is 4.90 Å². The van der Waals surface area contributed by atoms with Crippen LogP contribution in [0, 0.1) is 34.5 Å². The van der Waals surface area contributed by atoms with Crippen LogP contribution in [0.4, 0.5) is 0 Å². The van der Waals surface area contributed by atoms with E-state index >= 15 is 0 Å². The van der Waals surface area contributed by atoms with E-state index in [9.17, 15) is 4.79 Å². The third kappa shape index (κ3) is 3.38. The fraction of sp³-hybridized carbons (Fsp3) is 0.619. The number of benzene rings is 1. The lowest BCUT2D eigenvalue weighted by Crippen LogP contribution is -2.51. The second-order valence-corrected chi connectivity index (χ2v) is 8.59. The Morgan fingerprint density at radius 2 is 1.72 bits per heavy atom. The first-order valence-electron chi connectivity index (χ1n) is 9.42. The molecule has 0 N–H and O–H groups in total. The minimum absolute atomic E-state index is 0.0418. The van der Waals surface area contributed by atoms with E-state index in [2.05, 4.69) is 6.07 Å². The van der Waals surface area contributed by atoms with E-state index < -0.39 is 0 Å². The number of carbonyl (C=O) groups is 1. The summed E-state index contributed by atoms with van der Waals surface area (Å²) in [4.78, 5) is 14.4. The average Bonchev–Trinajstić information content (AvgIpc) is 2.58. The highest BCUT2D eigenvalue weighted by atomic mass is 16.5. The van der Waals surface area contributed by atoms with Crippen molar-refractivity contribution in [2.24, 2.45) is 23.2 Å². The second-order valence-electron chi connectivity index (χ2n) is 8.59. The van der Waals surface area contributed by atoms with Gasteiger partial charge in [0.1, 0.15) is 5.75 Å². The van der Waals surface area contributed by atoms with E-state index in [0.717, 1.165) is 24.3 Å². The molecule has 0 spiro atoms. The maximum absolute atomic E-state index is 12.5. The summed E-state index contributed by atoms with van der Waals surface area (Å²) in [6, 6.07) is 8.98. The first-order valence-corrected chi connectivity index (χ1v) is 9.42. The zero-order valence-electron chi connectivity index (χ0n) is 14.9. The molecule has 4 saturated carbocycles. The molecule has 4 heteroatoms. The lowest BCUT2D eigenvalue weighted by Gasteiger charge is -2.57. The summed E-state index contributed by atoms with van der Waals surface area (Å²) >= 11 is 0. The number of nitriles is 1. The number of rotatable bonds is 5. The van der Waals surface area contributed by atoms with Crippen molar-refractivity contribution in [2.45, 2.75) is 38.5 Å². The van der Waals surface area contributed by atoms with E-state index in [-0.39, 0.29) is 12.5 Å². The number of hydrogen-bond donors (Lipinski definition) is 0. The van der Waals surface area contributed by atoms with Gasteiger partial charge in [0.15, 0.2) is 6.61 Å². The van der Waals surface area contributed by atoms with Gasteiger partial charge in [0.05, 0.1) is 11.6 Å². The molecular weight excluding hydrogens is 312 g/mol. The molecule has 0 atom stereocenters. The van der Waals surface area contributed by atoms with Crippen LogP contribution < -0.4 is 4.74 Å². The van der Waals surface area contributed by atoms with E-state index in [0.29, 0.717) is 16.7 Å². The van der Waals surface area contributed by atoms with Gasteiger partial charge in [-0.3, -0.25) is 4.79 Å². The van der Waals surface area contributed by atoms with Gasteiger partial charge in [0.2, 0.25) is 0 Å². The van der Waals surface area contributed by atoms with Gasteiger partial charge in [0, 0.05) is 13.6 Å². The van der Waals surface area contributed by atoms with Gasteiger partial charge >= 0.3 is 0 Å². The average molecular weight is 338 g/mol. The number of ether oxygens (including phenoxy) is 1. The minimum atomic E-state index is 0.0418. The Morgan fingerprint density at radius 1 is 1.16 bits per heavy atom. The van der Waals surface area contributed by atoms with Gasteiger partial charge in [-0.2, -0.15) is 5.26 Å². The Balaban J connectivity index is 1.32. The normalized spacial score (nSPS) is 32.2. The molecule has 4 nitrogen and oxygen atoms in total. The Kier molecular flexibility index (Phi) is 4.19. The fourth-order valence-electron chi connectivity index (χ4n) is 5.96. The Morgan fingerprint density at radius 3 is 2.24 bits per heavy atom. The van der Waals surface area contributed by atoms with Crippen LogP contribution in [-0.2, 0) is 4.79 Å². The molecule has 4 aliphatic carbocycles. The zero-order valence-corrected chi connectivity index (χ0v) is 14.9. The molecule has 0 aliphatic heterocycles. The molecular formula is C21H26N2O2. The van der Waals surface area contributed by atoms with Crippen LogP contribution in [0.25, 0.3) is 0 Å². The third-order valence-electron chi connectivity index (χ3n) is 6.51. The molecule has 0 radical (unpaired) electrons. The molecule has 1 aromatic rings. The predicted octanol–water partition coefficient (Wildman–Crippen LogP) is 3.61. The molecule has 132 valence electrons. The van der Waals surface area contributed by atoms with Gasteiger partial charge < -0.3 is 9.64 Å². The number of nitrogens with zero attached hydrogens (tertiary/aromatic N) is 2. The quantitative estimate of drug-likeness (QED) is 0.824. The van der Waals surface area contributed by atoms with Gasteiger partial charge in [-0.15, -0.1) is 0 Å². The first kappa shape index (κ1) is 16.4. The zero-order chi connectivity index (χ0) is 17.4. The molecule has 0 saturated heterocycles. The van der Waals surface area contributed by atoms with Crippen molar-refractivity contribution in [1.29, 1.82) is 5.26 Å². The molecule has 0 unspecified atom stereocenters. The minimum Gasteiger partial charge on any atom is -0.484 e. The van der Waals surface area contributed by atoms with Crippen molar-refractivity contribution >= 4 is 5.91 Å². The van der Waals surface area contributed by atoms with E-state index in [1.165, 1.54) is 38.5 Å². The first-order chi connectivity index (χ1) is 12.0. The van der Waals surface area contributed by atoms with Crippen molar-refractivity contribution in [3.63, 3.8) is 0 Å². The van der Waals surface area contributed by atoms with Gasteiger partial charge in [-0.25, -0.2) is 0 Å². The van der Waals surface area contributed by atoms with Crippen molar-refractivity contribution in [3.8, 4) is 11.8 Å². The Labute approximate surface area is 149 Å². The summed E-state index contributed by atoms with van der Waals surface area (Å²) in [7, 11) is 1.92. The van der Waals surface area contributed by atoms with Gasteiger partial charge in [0.25, 0.3) is 5.91 Å².